The van der Waals surface area contributed by atoms with Crippen molar-refractivity contribution in [2.24, 2.45) is 5.41 Å². The Hall–Kier alpha value is -1.35. The molecule has 1 saturated heterocycles. The zero-order chi connectivity index (χ0) is 12.3. The number of hydrogen-bond acceptors (Lipinski definition) is 3. The number of carbonyl (C=O) groups excluding carboxylic acids is 1. The van der Waals surface area contributed by atoms with Gasteiger partial charge in [0.05, 0.1) is 0 Å². The van der Waals surface area contributed by atoms with Gasteiger partial charge in [-0.25, -0.2) is 0 Å². The number of ketones is 1. The number of benzene rings is 1. The van der Waals surface area contributed by atoms with Crippen LogP contribution in [-0.2, 0) is 11.2 Å². The highest BCUT2D eigenvalue weighted by molar-refractivity contribution is 5.86. The molecule has 1 heterocycles. The minimum Gasteiger partial charge on any atom is -0.508 e. The molecule has 2 N–H and O–H groups in total. The molecule has 17 heavy (non-hydrogen) atoms. The van der Waals surface area contributed by atoms with E-state index >= 15 is 0 Å². The molecule has 0 amide bonds. The average molecular weight is 233 g/mol. The third-order valence-corrected chi connectivity index (χ3v) is 3.57. The molecule has 1 aromatic rings. The van der Waals surface area contributed by atoms with Crippen molar-refractivity contribution in [2.45, 2.75) is 26.2 Å². The number of phenolic OH excluding ortho intramolecular Hbond substituents is 1. The topological polar surface area (TPSA) is 49.3 Å². The van der Waals surface area contributed by atoms with Crippen molar-refractivity contribution in [3.8, 4) is 5.75 Å². The molecule has 0 radical (unpaired) electrons. The van der Waals surface area contributed by atoms with Gasteiger partial charge in [0.1, 0.15) is 11.5 Å². The van der Waals surface area contributed by atoms with Crippen molar-refractivity contribution in [1.29, 1.82) is 0 Å². The molecule has 1 aliphatic rings. The zero-order valence-corrected chi connectivity index (χ0v) is 10.2. The molecule has 0 spiro atoms. The van der Waals surface area contributed by atoms with Crippen LogP contribution in [0.1, 0.15) is 25.3 Å². The lowest BCUT2D eigenvalue weighted by molar-refractivity contribution is -0.128. The zero-order valence-electron chi connectivity index (χ0n) is 10.2. The molecule has 0 aromatic heterocycles. The molecule has 1 atom stereocenters. The average Bonchev–Trinajstić information content (AvgIpc) is 2.33. The first kappa shape index (κ1) is 12.1. The van der Waals surface area contributed by atoms with Gasteiger partial charge in [-0.1, -0.05) is 19.1 Å². The predicted octanol–water partition coefficient (Wildman–Crippen LogP) is 1.89. The third-order valence-electron chi connectivity index (χ3n) is 3.57. The second kappa shape index (κ2) is 4.88. The van der Waals surface area contributed by atoms with Gasteiger partial charge in [0, 0.05) is 18.4 Å². The Morgan fingerprint density at radius 3 is 2.71 bits per heavy atom. The molecule has 0 bridgehead atoms. The van der Waals surface area contributed by atoms with Crippen LogP contribution in [0.25, 0.3) is 0 Å². The maximum absolute atomic E-state index is 12.3. The van der Waals surface area contributed by atoms with Crippen molar-refractivity contribution >= 4 is 5.78 Å². The van der Waals surface area contributed by atoms with E-state index in [2.05, 4.69) is 5.32 Å². The first-order chi connectivity index (χ1) is 8.10. The molecule has 1 fully saturated rings. The summed E-state index contributed by atoms with van der Waals surface area (Å²) in [7, 11) is 0. The van der Waals surface area contributed by atoms with Crippen LogP contribution in [0.3, 0.4) is 0 Å². The molecule has 1 aromatic carbocycles. The van der Waals surface area contributed by atoms with Crippen molar-refractivity contribution in [3.05, 3.63) is 29.8 Å². The number of carbonyl (C=O) groups is 1. The summed E-state index contributed by atoms with van der Waals surface area (Å²) in [5.41, 5.74) is 0.746. The summed E-state index contributed by atoms with van der Waals surface area (Å²) in [6, 6.07) is 6.88. The summed E-state index contributed by atoms with van der Waals surface area (Å²) >= 11 is 0. The molecule has 92 valence electrons. The lowest BCUT2D eigenvalue weighted by Crippen LogP contribution is -2.44. The van der Waals surface area contributed by atoms with Gasteiger partial charge in [-0.2, -0.15) is 0 Å². The van der Waals surface area contributed by atoms with Gasteiger partial charge < -0.3 is 10.4 Å². The van der Waals surface area contributed by atoms with Crippen LogP contribution in [0.2, 0.25) is 0 Å². The highest BCUT2D eigenvalue weighted by Crippen LogP contribution is 2.28. The van der Waals surface area contributed by atoms with Crippen LogP contribution >= 0.6 is 0 Å². The smallest absolute Gasteiger partial charge is 0.144 e. The minimum absolute atomic E-state index is 0.226. The first-order valence-corrected chi connectivity index (χ1v) is 6.12. The lowest BCUT2D eigenvalue weighted by Gasteiger charge is -2.32. The monoisotopic (exact) mass is 233 g/mol. The fourth-order valence-electron chi connectivity index (χ4n) is 2.31. The van der Waals surface area contributed by atoms with Crippen molar-refractivity contribution in [1.82, 2.24) is 5.32 Å². The van der Waals surface area contributed by atoms with E-state index in [0.29, 0.717) is 6.42 Å². The van der Waals surface area contributed by atoms with Gasteiger partial charge in [-0.05, 0) is 37.1 Å². The summed E-state index contributed by atoms with van der Waals surface area (Å²) in [5.74, 6) is 0.530. The Kier molecular flexibility index (Phi) is 3.48. The number of Topliss-reactive ketones (excluding diaryl/α,β-unsaturated/α-hetero) is 1. The molecule has 0 saturated carbocycles. The molecular weight excluding hydrogens is 214 g/mol. The summed E-state index contributed by atoms with van der Waals surface area (Å²) in [6.45, 7) is 3.84. The van der Waals surface area contributed by atoms with Crippen LogP contribution in [0.5, 0.6) is 5.75 Å². The van der Waals surface area contributed by atoms with E-state index < -0.39 is 0 Å². The molecule has 3 heteroatoms. The second-order valence-corrected chi connectivity index (χ2v) is 5.11. The number of rotatable bonds is 3. The Labute approximate surface area is 102 Å². The highest BCUT2D eigenvalue weighted by atomic mass is 16.3. The van der Waals surface area contributed by atoms with Gasteiger partial charge >= 0.3 is 0 Å². The Balaban J connectivity index is 2.03. The fraction of sp³-hybridized carbons (Fsp3) is 0.500. The normalized spacial score (nSPS) is 24.5. The maximum atomic E-state index is 12.3. The number of phenols is 1. The molecule has 1 aliphatic heterocycles. The Morgan fingerprint density at radius 1 is 1.41 bits per heavy atom. The van der Waals surface area contributed by atoms with E-state index in [1.165, 1.54) is 0 Å². The lowest BCUT2D eigenvalue weighted by atomic mass is 9.77. The number of piperidine rings is 1. The minimum atomic E-state index is -0.226. The number of aromatic hydroxyl groups is 1. The summed E-state index contributed by atoms with van der Waals surface area (Å²) in [6.07, 6.45) is 2.49. The molecule has 3 nitrogen and oxygen atoms in total. The van der Waals surface area contributed by atoms with Crippen molar-refractivity contribution in [2.75, 3.05) is 13.1 Å². The third kappa shape index (κ3) is 2.86. The molecule has 1 unspecified atom stereocenters. The van der Waals surface area contributed by atoms with Crippen LogP contribution in [0.15, 0.2) is 24.3 Å². The second-order valence-electron chi connectivity index (χ2n) is 5.11. The van der Waals surface area contributed by atoms with Crippen molar-refractivity contribution < 1.29 is 9.90 Å². The van der Waals surface area contributed by atoms with Gasteiger partial charge in [0.15, 0.2) is 0 Å². The number of hydrogen-bond donors (Lipinski definition) is 2. The highest BCUT2D eigenvalue weighted by Gasteiger charge is 2.33. The largest absolute Gasteiger partial charge is 0.508 e. The van der Waals surface area contributed by atoms with Gasteiger partial charge in [0.2, 0.25) is 0 Å². The quantitative estimate of drug-likeness (QED) is 0.838. The van der Waals surface area contributed by atoms with Gasteiger partial charge in [0.25, 0.3) is 0 Å². The molecule has 0 aliphatic carbocycles. The van der Waals surface area contributed by atoms with E-state index in [4.69, 9.17) is 0 Å². The Morgan fingerprint density at radius 2 is 2.12 bits per heavy atom. The van der Waals surface area contributed by atoms with E-state index in [0.717, 1.165) is 31.5 Å². The van der Waals surface area contributed by atoms with E-state index in [9.17, 15) is 9.90 Å². The maximum Gasteiger partial charge on any atom is 0.144 e. The van der Waals surface area contributed by atoms with Gasteiger partial charge in [-0.15, -0.1) is 0 Å². The first-order valence-electron chi connectivity index (χ1n) is 6.12. The molecule has 2 rings (SSSR count). The predicted molar refractivity (Wildman–Crippen MR) is 67.0 cm³/mol. The Bertz CT molecular complexity index is 391. The summed E-state index contributed by atoms with van der Waals surface area (Å²) < 4.78 is 0. The van der Waals surface area contributed by atoms with Crippen LogP contribution < -0.4 is 5.32 Å². The van der Waals surface area contributed by atoms with Crippen LogP contribution in [0, 0.1) is 5.41 Å². The summed E-state index contributed by atoms with van der Waals surface area (Å²) in [5, 5.41) is 12.5. The van der Waals surface area contributed by atoms with Gasteiger partial charge in [-0.3, -0.25) is 4.79 Å². The van der Waals surface area contributed by atoms with E-state index in [1.807, 2.05) is 19.1 Å². The van der Waals surface area contributed by atoms with Crippen molar-refractivity contribution in [3.63, 3.8) is 0 Å². The standard InChI is InChI=1S/C14H19NO2/c1-14(7-2-8-15-10-14)13(17)9-11-3-5-12(16)6-4-11/h3-6,15-16H,2,7-10H2,1H3. The number of nitrogens with one attached hydrogen (secondary N) is 1. The van der Waals surface area contributed by atoms with E-state index in [-0.39, 0.29) is 16.9 Å². The fourth-order valence-corrected chi connectivity index (χ4v) is 2.31. The van der Waals surface area contributed by atoms with Crippen LogP contribution in [0.4, 0.5) is 0 Å². The van der Waals surface area contributed by atoms with E-state index in [1.54, 1.807) is 12.1 Å². The SMILES string of the molecule is CC1(C(=O)Cc2ccc(O)cc2)CCCNC1. The molecular formula is C14H19NO2. The summed E-state index contributed by atoms with van der Waals surface area (Å²) in [4.78, 5) is 12.3. The van der Waals surface area contributed by atoms with Crippen LogP contribution in [-0.4, -0.2) is 24.0 Å².